The van der Waals surface area contributed by atoms with Crippen LogP contribution in [0.3, 0.4) is 0 Å². The van der Waals surface area contributed by atoms with Gasteiger partial charge in [-0.05, 0) is 44.8 Å². The Morgan fingerprint density at radius 2 is 1.38 bits per heavy atom. The third-order valence-corrected chi connectivity index (χ3v) is 10.3. The van der Waals surface area contributed by atoms with Crippen molar-refractivity contribution in [3.63, 3.8) is 0 Å². The van der Waals surface area contributed by atoms with Gasteiger partial charge in [-0.2, -0.15) is 0 Å². The van der Waals surface area contributed by atoms with E-state index in [0.29, 0.717) is 5.57 Å². The van der Waals surface area contributed by atoms with Gasteiger partial charge in [0.15, 0.2) is 23.1 Å². The van der Waals surface area contributed by atoms with Crippen molar-refractivity contribution < 1.29 is 49.8 Å². The summed E-state index contributed by atoms with van der Waals surface area (Å²) in [6.45, 7) is 16.1. The molecule has 0 radical (unpaired) electrons. The highest BCUT2D eigenvalue weighted by Gasteiger charge is 2.46. The maximum Gasteiger partial charge on any atom is 0.188 e. The van der Waals surface area contributed by atoms with Gasteiger partial charge in [0.2, 0.25) is 0 Å². The standard InChI is InChI=1S/C37H54O10/c1-16(25(10)38)12-11-13-17(2)30(40)21(6)34(44)23(8)35(45)22(7)31(41)18(3)14-19(4)32(42)28-27-26(39)15-20(5)33(43)29(27)37(47)24(9)36(28)46/h11-13,15,17-19,21-24,30-31,34-35,37,40-42,44-45,47H,14H2,1-10H3/b13-11+,16-12-,32-28?/t17-,18?,19?,21+,22+,23+,24?,30-,31-,34+,35+,37?/m0/s1. The molecule has 262 valence electrons. The molecule has 0 aromatic heterocycles. The van der Waals surface area contributed by atoms with Gasteiger partial charge in [0, 0.05) is 46.3 Å². The van der Waals surface area contributed by atoms with Crippen molar-refractivity contribution in [1.29, 1.82) is 0 Å². The molecule has 6 N–H and O–H groups in total. The van der Waals surface area contributed by atoms with E-state index < -0.39 is 89.1 Å². The highest BCUT2D eigenvalue weighted by atomic mass is 16.3. The Bertz CT molecular complexity index is 1380. The summed E-state index contributed by atoms with van der Waals surface area (Å²) in [5.74, 6) is -7.11. The van der Waals surface area contributed by atoms with E-state index in [-0.39, 0.29) is 40.4 Å². The monoisotopic (exact) mass is 658 g/mol. The first-order valence-electron chi connectivity index (χ1n) is 16.4. The SMILES string of the molecule is CC(=O)/C(C)=C\C=C\[C@H](C)[C@H](O)[C@@H](C)[C@@H](O)[C@@H](C)[C@H](O)[C@H](C)[C@@H](O)C(C)CC(C)C(O)=C1C(=O)C(C)C(O)C2=C1C(=O)C=C(C)C2=O. The van der Waals surface area contributed by atoms with E-state index >= 15 is 0 Å². The zero-order valence-corrected chi connectivity index (χ0v) is 29.3. The summed E-state index contributed by atoms with van der Waals surface area (Å²) in [4.78, 5) is 50.4. The number of aliphatic hydroxyl groups excluding tert-OH is 6. The van der Waals surface area contributed by atoms with Crippen LogP contribution in [-0.2, 0) is 19.2 Å². The molecule has 0 spiro atoms. The number of carbonyl (C=O) groups is 4. The highest BCUT2D eigenvalue weighted by Crippen LogP contribution is 2.40. The first-order valence-corrected chi connectivity index (χ1v) is 16.4. The van der Waals surface area contributed by atoms with Crippen LogP contribution in [0, 0.1) is 41.4 Å². The first kappa shape index (κ1) is 40.2. The molecular weight excluding hydrogens is 604 g/mol. The molecule has 2 rings (SSSR count). The Labute approximate surface area is 278 Å². The number of aliphatic hydroxyl groups is 6. The molecule has 0 saturated heterocycles. The van der Waals surface area contributed by atoms with Crippen LogP contribution < -0.4 is 0 Å². The second kappa shape index (κ2) is 16.4. The summed E-state index contributed by atoms with van der Waals surface area (Å²) in [6, 6.07) is 0. The van der Waals surface area contributed by atoms with E-state index in [1.807, 2.05) is 0 Å². The molecule has 0 bridgehead atoms. The molecule has 12 atom stereocenters. The van der Waals surface area contributed by atoms with Crippen LogP contribution in [0.15, 0.2) is 57.9 Å². The lowest BCUT2D eigenvalue weighted by Gasteiger charge is -2.37. The summed E-state index contributed by atoms with van der Waals surface area (Å²) < 4.78 is 0. The number of ketones is 4. The van der Waals surface area contributed by atoms with Gasteiger partial charge in [0.05, 0.1) is 42.0 Å². The summed E-state index contributed by atoms with van der Waals surface area (Å²) in [5.41, 5.74) is -0.0705. The van der Waals surface area contributed by atoms with E-state index in [2.05, 4.69) is 0 Å². The average Bonchev–Trinajstić information content (AvgIpc) is 3.02. The maximum absolute atomic E-state index is 13.2. The predicted octanol–water partition coefficient (Wildman–Crippen LogP) is 3.51. The molecule has 2 aliphatic carbocycles. The Morgan fingerprint density at radius 1 is 0.872 bits per heavy atom. The lowest BCUT2D eigenvalue weighted by atomic mass is 9.70. The molecule has 10 nitrogen and oxygen atoms in total. The Hall–Kier alpha value is -3.02. The Morgan fingerprint density at radius 3 is 1.91 bits per heavy atom. The molecule has 0 aromatic carbocycles. The number of hydrogen-bond acceptors (Lipinski definition) is 10. The first-order chi connectivity index (χ1) is 21.7. The van der Waals surface area contributed by atoms with Crippen LogP contribution in [0.25, 0.3) is 0 Å². The van der Waals surface area contributed by atoms with Crippen LogP contribution >= 0.6 is 0 Å². The number of allylic oxidation sites excluding steroid dienone is 8. The van der Waals surface area contributed by atoms with Gasteiger partial charge in [-0.3, -0.25) is 19.2 Å². The van der Waals surface area contributed by atoms with Crippen LogP contribution in [0.1, 0.15) is 75.7 Å². The molecule has 4 unspecified atom stereocenters. The van der Waals surface area contributed by atoms with Gasteiger partial charge >= 0.3 is 0 Å². The summed E-state index contributed by atoms with van der Waals surface area (Å²) >= 11 is 0. The lowest BCUT2D eigenvalue weighted by Crippen LogP contribution is -2.46. The molecule has 0 aromatic rings. The lowest BCUT2D eigenvalue weighted by molar-refractivity contribution is -0.124. The van der Waals surface area contributed by atoms with E-state index in [0.717, 1.165) is 6.08 Å². The van der Waals surface area contributed by atoms with Crippen LogP contribution in [0.2, 0.25) is 0 Å². The molecule has 0 saturated carbocycles. The number of rotatable bonds is 14. The van der Waals surface area contributed by atoms with Crippen molar-refractivity contribution in [2.24, 2.45) is 41.4 Å². The summed E-state index contributed by atoms with van der Waals surface area (Å²) in [7, 11) is 0. The minimum Gasteiger partial charge on any atom is -0.511 e. The molecule has 0 heterocycles. The van der Waals surface area contributed by atoms with Crippen molar-refractivity contribution in [2.75, 3.05) is 0 Å². The average molecular weight is 659 g/mol. The quantitative estimate of drug-likeness (QED) is 0.0697. The van der Waals surface area contributed by atoms with Crippen molar-refractivity contribution in [1.82, 2.24) is 0 Å². The predicted molar refractivity (Wildman–Crippen MR) is 178 cm³/mol. The Kier molecular flexibility index (Phi) is 14.0. The second-order valence-electron chi connectivity index (χ2n) is 14.0. The molecule has 2 aliphatic rings. The van der Waals surface area contributed by atoms with Gasteiger partial charge in [0.1, 0.15) is 5.76 Å². The molecule has 10 heteroatoms. The fraction of sp³-hybridized carbons (Fsp3) is 0.622. The van der Waals surface area contributed by atoms with Crippen LogP contribution in [0.4, 0.5) is 0 Å². The zero-order valence-electron chi connectivity index (χ0n) is 29.3. The van der Waals surface area contributed by atoms with Crippen molar-refractivity contribution in [3.05, 3.63) is 57.9 Å². The highest BCUT2D eigenvalue weighted by molar-refractivity contribution is 6.29. The number of carbonyl (C=O) groups excluding carboxylic acids is 4. The number of Topliss-reactive ketones (excluding diaryl/α,β-unsaturated/α-hetero) is 3. The summed E-state index contributed by atoms with van der Waals surface area (Å²) in [5, 5.41) is 66.3. The van der Waals surface area contributed by atoms with Crippen LogP contribution in [-0.4, -0.2) is 84.3 Å². The zero-order chi connectivity index (χ0) is 36.2. The Balaban J connectivity index is 2.19. The van der Waals surface area contributed by atoms with Gasteiger partial charge in [-0.25, -0.2) is 0 Å². The van der Waals surface area contributed by atoms with Crippen molar-refractivity contribution in [2.45, 2.75) is 106 Å². The number of hydrogen-bond donors (Lipinski definition) is 6. The van der Waals surface area contributed by atoms with E-state index in [1.165, 1.54) is 20.8 Å². The minimum atomic E-state index is -1.48. The maximum atomic E-state index is 13.2. The second-order valence-corrected chi connectivity index (χ2v) is 14.0. The van der Waals surface area contributed by atoms with Crippen molar-refractivity contribution in [3.8, 4) is 0 Å². The normalized spacial score (nSPS) is 26.9. The van der Waals surface area contributed by atoms with Crippen molar-refractivity contribution >= 4 is 23.1 Å². The minimum absolute atomic E-state index is 0.0596. The van der Waals surface area contributed by atoms with Crippen LogP contribution in [0.5, 0.6) is 0 Å². The van der Waals surface area contributed by atoms with Gasteiger partial charge in [-0.15, -0.1) is 0 Å². The summed E-state index contributed by atoms with van der Waals surface area (Å²) in [6.07, 6.45) is 0.500. The fourth-order valence-corrected chi connectivity index (χ4v) is 6.55. The molecular formula is C37H54O10. The van der Waals surface area contributed by atoms with E-state index in [9.17, 15) is 49.8 Å². The molecule has 0 aliphatic heterocycles. The third-order valence-electron chi connectivity index (χ3n) is 10.3. The van der Waals surface area contributed by atoms with Gasteiger partial charge in [0.25, 0.3) is 0 Å². The topological polar surface area (TPSA) is 190 Å². The molecule has 0 amide bonds. The fourth-order valence-electron chi connectivity index (χ4n) is 6.55. The third kappa shape index (κ3) is 8.72. The van der Waals surface area contributed by atoms with E-state index in [4.69, 9.17) is 0 Å². The smallest absolute Gasteiger partial charge is 0.188 e. The molecule has 0 fully saturated rings. The largest absolute Gasteiger partial charge is 0.511 e. The van der Waals surface area contributed by atoms with Gasteiger partial charge < -0.3 is 30.6 Å². The van der Waals surface area contributed by atoms with Gasteiger partial charge in [-0.1, -0.05) is 66.7 Å². The molecule has 47 heavy (non-hydrogen) atoms. The van der Waals surface area contributed by atoms with E-state index in [1.54, 1.807) is 66.7 Å².